The number of halogens is 1. The molecule has 4 rings (SSSR count). The average molecular weight is 384 g/mol. The summed E-state index contributed by atoms with van der Waals surface area (Å²) in [6, 6.07) is -0.265. The zero-order chi connectivity index (χ0) is 18.6. The minimum absolute atomic E-state index is 0.0341. The largest absolute Gasteiger partial charge is 0.349 e. The van der Waals surface area contributed by atoms with Crippen molar-refractivity contribution in [1.82, 2.24) is 26.5 Å². The molecule has 0 bridgehead atoms. The summed E-state index contributed by atoms with van der Waals surface area (Å²) in [6.07, 6.45) is 6.91. The number of alkyl halides is 1. The molecule has 1 saturated carbocycles. The van der Waals surface area contributed by atoms with Crippen LogP contribution in [-0.4, -0.2) is 68.0 Å². The number of carbonyl (C=O) groups is 1. The zero-order valence-corrected chi connectivity index (χ0v) is 16.1. The van der Waals surface area contributed by atoms with E-state index in [-0.39, 0.29) is 30.0 Å². The molecule has 4 aliphatic rings. The van der Waals surface area contributed by atoms with E-state index in [2.05, 4.69) is 26.5 Å². The average Bonchev–Trinajstić information content (AvgIpc) is 3.33. The molecule has 0 spiro atoms. The van der Waals surface area contributed by atoms with Crippen molar-refractivity contribution in [2.75, 3.05) is 32.7 Å². The summed E-state index contributed by atoms with van der Waals surface area (Å²) in [7, 11) is 0. The number of amides is 1. The second kappa shape index (κ2) is 9.13. The van der Waals surface area contributed by atoms with Crippen molar-refractivity contribution in [2.24, 2.45) is 11.8 Å². The molecule has 3 heterocycles. The number of nitrogens with one attached hydrogen (secondary N) is 4. The Labute approximate surface area is 161 Å². The van der Waals surface area contributed by atoms with Crippen molar-refractivity contribution >= 4 is 5.91 Å². The van der Waals surface area contributed by atoms with Gasteiger partial charge in [-0.15, -0.1) is 0 Å². The highest BCUT2D eigenvalue weighted by molar-refractivity contribution is 5.82. The fourth-order valence-electron chi connectivity index (χ4n) is 5.03. The van der Waals surface area contributed by atoms with Crippen LogP contribution in [0.15, 0.2) is 0 Å². The highest BCUT2D eigenvalue weighted by Crippen LogP contribution is 2.28. The second-order valence-corrected chi connectivity index (χ2v) is 8.71. The number of hydrogen-bond donors (Lipinski definition) is 4. The lowest BCUT2D eigenvalue weighted by atomic mass is 9.88. The molecule has 0 aromatic carbocycles. The maximum absolute atomic E-state index is 14.1. The lowest BCUT2D eigenvalue weighted by Crippen LogP contribution is -2.47. The maximum atomic E-state index is 14.1. The molecule has 7 nitrogen and oxygen atoms in total. The summed E-state index contributed by atoms with van der Waals surface area (Å²) in [6.45, 7) is 3.89. The van der Waals surface area contributed by atoms with Gasteiger partial charge in [-0.3, -0.25) is 15.1 Å². The van der Waals surface area contributed by atoms with Gasteiger partial charge in [-0.2, -0.15) is 5.48 Å². The van der Waals surface area contributed by atoms with E-state index in [0.29, 0.717) is 13.0 Å². The number of hydroxylamine groups is 1. The van der Waals surface area contributed by atoms with Crippen molar-refractivity contribution in [1.29, 1.82) is 0 Å². The number of hydrogen-bond acceptors (Lipinski definition) is 6. The van der Waals surface area contributed by atoms with Crippen molar-refractivity contribution in [3.8, 4) is 0 Å². The summed E-state index contributed by atoms with van der Waals surface area (Å²) >= 11 is 0. The molecular weight excluding hydrogens is 349 g/mol. The first-order chi connectivity index (χ1) is 13.2. The third-order valence-corrected chi connectivity index (χ3v) is 6.63. The standard InChI is InChI=1S/C19H34FN5O2/c20-16-10-21-7-6-15(16)18-8-17(24-27-18)19(26)23-14-9-22-25(12-14)11-13-4-2-1-3-5-13/h13-18,21-22,24H,1-12H2,(H,23,26). The van der Waals surface area contributed by atoms with Crippen LogP contribution in [0.5, 0.6) is 0 Å². The molecule has 1 amide bonds. The van der Waals surface area contributed by atoms with Gasteiger partial charge in [-0.05, 0) is 31.7 Å². The van der Waals surface area contributed by atoms with Gasteiger partial charge in [0.15, 0.2) is 0 Å². The van der Waals surface area contributed by atoms with Crippen molar-refractivity contribution in [3.05, 3.63) is 0 Å². The molecule has 4 fully saturated rings. The highest BCUT2D eigenvalue weighted by atomic mass is 19.1. The summed E-state index contributed by atoms with van der Waals surface area (Å²) in [5, 5.41) is 8.46. The van der Waals surface area contributed by atoms with Crippen LogP contribution in [0.1, 0.15) is 44.9 Å². The monoisotopic (exact) mass is 383 g/mol. The van der Waals surface area contributed by atoms with E-state index in [4.69, 9.17) is 4.84 Å². The van der Waals surface area contributed by atoms with Gasteiger partial charge in [0.25, 0.3) is 0 Å². The molecule has 4 N–H and O–H groups in total. The Morgan fingerprint density at radius 2 is 2.04 bits per heavy atom. The van der Waals surface area contributed by atoms with Crippen LogP contribution in [0, 0.1) is 11.8 Å². The molecule has 3 saturated heterocycles. The number of hydrazine groups is 1. The van der Waals surface area contributed by atoms with Crippen molar-refractivity contribution in [2.45, 2.75) is 69.3 Å². The lowest BCUT2D eigenvalue weighted by molar-refractivity contribution is -0.125. The molecule has 0 radical (unpaired) electrons. The third-order valence-electron chi connectivity index (χ3n) is 6.63. The van der Waals surface area contributed by atoms with E-state index < -0.39 is 6.17 Å². The van der Waals surface area contributed by atoms with Crippen molar-refractivity contribution in [3.63, 3.8) is 0 Å². The second-order valence-electron chi connectivity index (χ2n) is 8.71. The lowest BCUT2D eigenvalue weighted by Gasteiger charge is -2.29. The quantitative estimate of drug-likeness (QED) is 0.553. The molecule has 27 heavy (non-hydrogen) atoms. The fourth-order valence-corrected chi connectivity index (χ4v) is 5.03. The number of carbonyl (C=O) groups excluding carboxylic acids is 1. The molecule has 5 atom stereocenters. The first-order valence-electron chi connectivity index (χ1n) is 10.7. The predicted molar refractivity (Wildman–Crippen MR) is 100 cm³/mol. The molecule has 0 aromatic rings. The summed E-state index contributed by atoms with van der Waals surface area (Å²) in [4.78, 5) is 18.2. The summed E-state index contributed by atoms with van der Waals surface area (Å²) in [5.41, 5.74) is 6.27. The molecular formula is C19H34FN5O2. The Hall–Kier alpha value is -0.800. The van der Waals surface area contributed by atoms with Gasteiger partial charge < -0.3 is 10.6 Å². The van der Waals surface area contributed by atoms with Gasteiger partial charge in [0.2, 0.25) is 5.91 Å². The van der Waals surface area contributed by atoms with Crippen LogP contribution >= 0.6 is 0 Å². The Morgan fingerprint density at radius 3 is 2.85 bits per heavy atom. The van der Waals surface area contributed by atoms with E-state index in [1.807, 2.05) is 0 Å². The molecule has 8 heteroatoms. The normalized spacial score (nSPS) is 38.9. The molecule has 3 aliphatic heterocycles. The third kappa shape index (κ3) is 4.98. The van der Waals surface area contributed by atoms with Gasteiger partial charge >= 0.3 is 0 Å². The fraction of sp³-hybridized carbons (Fsp3) is 0.947. The summed E-state index contributed by atoms with van der Waals surface area (Å²) < 4.78 is 14.1. The van der Waals surface area contributed by atoms with E-state index >= 15 is 0 Å². The van der Waals surface area contributed by atoms with Gasteiger partial charge in [0.1, 0.15) is 12.2 Å². The van der Waals surface area contributed by atoms with Gasteiger partial charge in [0, 0.05) is 38.5 Å². The Bertz CT molecular complexity index is 504. The molecule has 0 aromatic heterocycles. The number of piperidine rings is 1. The van der Waals surface area contributed by atoms with Gasteiger partial charge in [0.05, 0.1) is 12.1 Å². The van der Waals surface area contributed by atoms with Gasteiger partial charge in [-0.1, -0.05) is 19.3 Å². The van der Waals surface area contributed by atoms with E-state index in [9.17, 15) is 9.18 Å². The maximum Gasteiger partial charge on any atom is 0.239 e. The van der Waals surface area contributed by atoms with Crippen LogP contribution < -0.4 is 21.5 Å². The van der Waals surface area contributed by atoms with Gasteiger partial charge in [-0.25, -0.2) is 9.40 Å². The predicted octanol–water partition coefficient (Wildman–Crippen LogP) is 0.481. The van der Waals surface area contributed by atoms with Crippen LogP contribution in [-0.2, 0) is 9.63 Å². The first kappa shape index (κ1) is 19.5. The highest BCUT2D eigenvalue weighted by Gasteiger charge is 2.40. The van der Waals surface area contributed by atoms with Crippen LogP contribution in [0.2, 0.25) is 0 Å². The first-order valence-corrected chi connectivity index (χ1v) is 10.7. The minimum Gasteiger partial charge on any atom is -0.349 e. The molecule has 154 valence electrons. The topological polar surface area (TPSA) is 77.7 Å². The minimum atomic E-state index is -0.903. The Morgan fingerprint density at radius 1 is 1.19 bits per heavy atom. The van der Waals surface area contributed by atoms with Crippen LogP contribution in [0.25, 0.3) is 0 Å². The smallest absolute Gasteiger partial charge is 0.239 e. The Kier molecular flexibility index (Phi) is 6.60. The van der Waals surface area contributed by atoms with E-state index in [0.717, 1.165) is 38.5 Å². The van der Waals surface area contributed by atoms with Crippen LogP contribution in [0.3, 0.4) is 0 Å². The Balaban J connectivity index is 1.19. The molecule has 1 aliphatic carbocycles. The number of nitrogens with zero attached hydrogens (tertiary/aromatic N) is 1. The van der Waals surface area contributed by atoms with Crippen LogP contribution in [0.4, 0.5) is 4.39 Å². The van der Waals surface area contributed by atoms with E-state index in [1.165, 1.54) is 32.1 Å². The summed E-state index contributed by atoms with van der Waals surface area (Å²) in [5.74, 6) is 0.619. The zero-order valence-electron chi connectivity index (χ0n) is 16.1. The van der Waals surface area contributed by atoms with Crippen molar-refractivity contribution < 1.29 is 14.0 Å². The van der Waals surface area contributed by atoms with E-state index in [1.54, 1.807) is 0 Å². The SMILES string of the molecule is O=C(NC1CNN(CC2CCCCC2)C1)C1CC(C2CCNCC2F)ON1. The molecule has 5 unspecified atom stereocenters. The number of rotatable bonds is 5.